The number of aromatic nitrogens is 2. The fourth-order valence-electron chi connectivity index (χ4n) is 0.940. The van der Waals surface area contributed by atoms with E-state index in [1.165, 1.54) is 6.33 Å². The maximum atomic E-state index is 11.8. The minimum atomic E-state index is -1.07. The summed E-state index contributed by atoms with van der Waals surface area (Å²) in [6, 6.07) is -0.00809. The lowest BCUT2D eigenvalue weighted by atomic mass is 10.2. The van der Waals surface area contributed by atoms with Crippen LogP contribution in [0, 0.1) is 0 Å². The van der Waals surface area contributed by atoms with Crippen molar-refractivity contribution < 1.29 is 4.55 Å². The molecule has 0 aliphatic carbocycles. The highest BCUT2D eigenvalue weighted by Crippen LogP contribution is 2.18. The highest BCUT2D eigenvalue weighted by Gasteiger charge is 2.28. The van der Waals surface area contributed by atoms with Gasteiger partial charge in [0.1, 0.15) is 11.1 Å². The molecule has 0 fully saturated rings. The second-order valence-corrected chi connectivity index (χ2v) is 6.39. The van der Waals surface area contributed by atoms with Crippen LogP contribution in [-0.4, -0.2) is 19.3 Å². The van der Waals surface area contributed by atoms with Gasteiger partial charge in [-0.25, -0.2) is 9.97 Å². The van der Waals surface area contributed by atoms with Gasteiger partial charge in [-0.15, -0.1) is 4.72 Å². The van der Waals surface area contributed by atoms with E-state index in [1.807, 2.05) is 27.7 Å². The molecule has 0 aliphatic rings. The first-order valence-electron chi connectivity index (χ1n) is 4.84. The Kier molecular flexibility index (Phi) is 4.07. The van der Waals surface area contributed by atoms with Crippen LogP contribution >= 0.6 is 0 Å². The Morgan fingerprint density at radius 3 is 2.33 bits per heavy atom. The third kappa shape index (κ3) is 3.77. The van der Waals surface area contributed by atoms with Crippen molar-refractivity contribution in [2.75, 3.05) is 0 Å². The molecule has 0 aromatic carbocycles. The van der Waals surface area contributed by atoms with Crippen LogP contribution in [0.3, 0.4) is 0 Å². The molecule has 1 heterocycles. The average molecular weight is 227 g/mol. The monoisotopic (exact) mass is 227 g/mol. The van der Waals surface area contributed by atoms with Gasteiger partial charge >= 0.3 is 0 Å². The van der Waals surface area contributed by atoms with Gasteiger partial charge in [0.15, 0.2) is 0 Å². The quantitative estimate of drug-likeness (QED) is 0.797. The molecule has 1 unspecified atom stereocenters. The lowest BCUT2D eigenvalue weighted by Gasteiger charge is -2.26. The minimum absolute atomic E-state index is 0.00809. The largest absolute Gasteiger partial charge is 0.598 e. The summed E-state index contributed by atoms with van der Waals surface area (Å²) in [5, 5.41) is 0. The smallest absolute Gasteiger partial charge is 0.136 e. The summed E-state index contributed by atoms with van der Waals surface area (Å²) >= 11 is -1.07. The van der Waals surface area contributed by atoms with Gasteiger partial charge in [0.2, 0.25) is 0 Å². The Morgan fingerprint density at radius 2 is 1.87 bits per heavy atom. The van der Waals surface area contributed by atoms with Gasteiger partial charge < -0.3 is 4.55 Å². The second-order valence-electron chi connectivity index (χ2n) is 4.39. The zero-order valence-corrected chi connectivity index (χ0v) is 10.3. The molecule has 0 saturated heterocycles. The molecular weight excluding hydrogens is 210 g/mol. The molecular formula is C10H17N3OS. The van der Waals surface area contributed by atoms with Gasteiger partial charge in [-0.3, -0.25) is 0 Å². The van der Waals surface area contributed by atoms with Crippen LogP contribution in [0.2, 0.25) is 0 Å². The molecule has 0 spiro atoms. The van der Waals surface area contributed by atoms with Crippen molar-refractivity contribution in [1.82, 2.24) is 14.7 Å². The summed E-state index contributed by atoms with van der Waals surface area (Å²) in [7, 11) is 0. The molecule has 1 aromatic heterocycles. The van der Waals surface area contributed by atoms with Crippen LogP contribution in [-0.2, 0) is 11.4 Å². The first kappa shape index (κ1) is 12.4. The summed E-state index contributed by atoms with van der Waals surface area (Å²) in [6.07, 6.45) is 4.94. The number of hydrogen-bond donors (Lipinski definition) is 1. The van der Waals surface area contributed by atoms with E-state index in [0.29, 0.717) is 0 Å². The molecule has 0 aliphatic heterocycles. The van der Waals surface area contributed by atoms with E-state index in [1.54, 1.807) is 12.4 Å². The third-order valence-electron chi connectivity index (χ3n) is 1.92. The fourth-order valence-corrected chi connectivity index (χ4v) is 1.75. The topological polar surface area (TPSA) is 60.9 Å². The van der Waals surface area contributed by atoms with E-state index in [-0.39, 0.29) is 10.8 Å². The van der Waals surface area contributed by atoms with Gasteiger partial charge in [0.05, 0.1) is 6.04 Å². The summed E-state index contributed by atoms with van der Waals surface area (Å²) in [5.41, 5.74) is 0.940. The van der Waals surface area contributed by atoms with Crippen LogP contribution in [0.5, 0.6) is 0 Å². The van der Waals surface area contributed by atoms with Crippen molar-refractivity contribution in [3.05, 3.63) is 24.3 Å². The zero-order valence-electron chi connectivity index (χ0n) is 9.52. The van der Waals surface area contributed by atoms with Crippen molar-refractivity contribution in [3.63, 3.8) is 0 Å². The molecule has 0 amide bonds. The highest BCUT2D eigenvalue weighted by atomic mass is 32.2. The standard InChI is InChI=1S/C10H17N3OS/c1-8(9-5-11-7-12-6-9)13-15(14)10(2,3)4/h5-8,13H,1-4H3/t8?,15-/m0/s1. The molecule has 5 heteroatoms. The number of nitrogens with one attached hydrogen (secondary N) is 1. The Labute approximate surface area is 93.8 Å². The molecule has 2 atom stereocenters. The molecule has 1 rings (SSSR count). The molecule has 0 radical (unpaired) electrons. The molecule has 4 nitrogen and oxygen atoms in total. The predicted molar refractivity (Wildman–Crippen MR) is 61.5 cm³/mol. The molecule has 0 saturated carbocycles. The Bertz CT molecular complexity index is 299. The van der Waals surface area contributed by atoms with Crippen molar-refractivity contribution in [3.8, 4) is 0 Å². The van der Waals surface area contributed by atoms with Gasteiger partial charge in [-0.05, 0) is 27.7 Å². The van der Waals surface area contributed by atoms with Crippen LogP contribution in [0.1, 0.15) is 39.3 Å². The van der Waals surface area contributed by atoms with E-state index in [0.717, 1.165) is 5.56 Å². The molecule has 1 N–H and O–H groups in total. The Morgan fingerprint density at radius 1 is 1.33 bits per heavy atom. The predicted octanol–water partition coefficient (Wildman–Crippen LogP) is 1.59. The SMILES string of the molecule is CC(N[S@@+]([O-])C(C)(C)C)c1cncnc1. The van der Waals surface area contributed by atoms with E-state index < -0.39 is 11.4 Å². The van der Waals surface area contributed by atoms with Crippen LogP contribution in [0.15, 0.2) is 18.7 Å². The van der Waals surface area contributed by atoms with Gasteiger partial charge in [0.25, 0.3) is 0 Å². The normalized spacial score (nSPS) is 16.1. The van der Waals surface area contributed by atoms with Gasteiger partial charge in [-0.1, -0.05) is 0 Å². The summed E-state index contributed by atoms with van der Waals surface area (Å²) in [4.78, 5) is 7.85. The second kappa shape index (κ2) is 4.92. The van der Waals surface area contributed by atoms with Crippen molar-refractivity contribution in [2.45, 2.75) is 38.5 Å². The Hall–Kier alpha value is -0.650. The third-order valence-corrected chi connectivity index (χ3v) is 3.60. The van der Waals surface area contributed by atoms with Crippen LogP contribution in [0.25, 0.3) is 0 Å². The highest BCUT2D eigenvalue weighted by molar-refractivity contribution is 7.90. The summed E-state index contributed by atoms with van der Waals surface area (Å²) < 4.78 is 14.6. The fraction of sp³-hybridized carbons (Fsp3) is 0.600. The summed E-state index contributed by atoms with van der Waals surface area (Å²) in [6.45, 7) is 7.75. The van der Waals surface area contributed by atoms with E-state index in [9.17, 15) is 4.55 Å². The lowest BCUT2D eigenvalue weighted by molar-refractivity contribution is 0.530. The van der Waals surface area contributed by atoms with Crippen LogP contribution < -0.4 is 4.72 Å². The molecule has 0 bridgehead atoms. The number of rotatable bonds is 3. The van der Waals surface area contributed by atoms with Crippen molar-refractivity contribution in [2.24, 2.45) is 0 Å². The van der Waals surface area contributed by atoms with Gasteiger partial charge in [-0.2, -0.15) is 0 Å². The van der Waals surface area contributed by atoms with E-state index >= 15 is 0 Å². The first-order chi connectivity index (χ1) is 6.91. The Balaban J connectivity index is 2.61. The zero-order chi connectivity index (χ0) is 11.5. The molecule has 84 valence electrons. The maximum absolute atomic E-state index is 11.8. The minimum Gasteiger partial charge on any atom is -0.598 e. The van der Waals surface area contributed by atoms with E-state index in [4.69, 9.17) is 0 Å². The van der Waals surface area contributed by atoms with Gasteiger partial charge in [0, 0.05) is 29.3 Å². The van der Waals surface area contributed by atoms with Crippen molar-refractivity contribution in [1.29, 1.82) is 0 Å². The molecule has 15 heavy (non-hydrogen) atoms. The first-order valence-corrected chi connectivity index (χ1v) is 5.99. The van der Waals surface area contributed by atoms with Crippen LogP contribution in [0.4, 0.5) is 0 Å². The number of hydrogen-bond acceptors (Lipinski definition) is 4. The average Bonchev–Trinajstić information content (AvgIpc) is 2.17. The van der Waals surface area contributed by atoms with Crippen molar-refractivity contribution >= 4 is 11.4 Å². The van der Waals surface area contributed by atoms with E-state index in [2.05, 4.69) is 14.7 Å². The summed E-state index contributed by atoms with van der Waals surface area (Å²) in [5.74, 6) is 0. The maximum Gasteiger partial charge on any atom is 0.136 e. The number of nitrogens with zero attached hydrogens (tertiary/aromatic N) is 2. The lowest BCUT2D eigenvalue weighted by Crippen LogP contribution is -2.40. The molecule has 1 aromatic rings.